The maximum Gasteiger partial charge on any atom is 0.244 e. The van der Waals surface area contributed by atoms with Gasteiger partial charge in [0.05, 0.1) is 10.9 Å². The van der Waals surface area contributed by atoms with Gasteiger partial charge < -0.3 is 9.88 Å². The van der Waals surface area contributed by atoms with Gasteiger partial charge in [0.1, 0.15) is 0 Å². The number of hydrogen-bond acceptors (Lipinski definition) is 3. The van der Waals surface area contributed by atoms with Crippen molar-refractivity contribution in [3.05, 3.63) is 82.6 Å². The molecule has 1 unspecified atom stereocenters. The van der Waals surface area contributed by atoms with Gasteiger partial charge in [0.2, 0.25) is 15.9 Å². The summed E-state index contributed by atoms with van der Waals surface area (Å²) in [7, 11) is -3.74. The van der Waals surface area contributed by atoms with E-state index in [1.807, 2.05) is 42.6 Å². The van der Waals surface area contributed by atoms with Gasteiger partial charge in [-0.1, -0.05) is 28.1 Å². The summed E-state index contributed by atoms with van der Waals surface area (Å²) in [5, 5.41) is 2.66. The number of carbonyl (C=O) groups excluding carboxylic acids is 1. The van der Waals surface area contributed by atoms with Crippen LogP contribution in [0.4, 0.5) is 5.69 Å². The Balaban J connectivity index is 1.75. The van der Waals surface area contributed by atoms with Crippen LogP contribution in [0.2, 0.25) is 0 Å². The highest BCUT2D eigenvalue weighted by Crippen LogP contribution is 2.37. The lowest BCUT2D eigenvalue weighted by atomic mass is 10.0. The van der Waals surface area contributed by atoms with Crippen LogP contribution in [0.3, 0.4) is 0 Å². The summed E-state index contributed by atoms with van der Waals surface area (Å²) in [5.41, 5.74) is 2.41. The van der Waals surface area contributed by atoms with Gasteiger partial charge in [-0.15, -0.1) is 0 Å². The third kappa shape index (κ3) is 3.88. The Hall–Kier alpha value is -2.42. The number of hydrogen-bond donors (Lipinski definition) is 1. The van der Waals surface area contributed by atoms with E-state index in [9.17, 15) is 13.2 Å². The lowest BCUT2D eigenvalue weighted by molar-refractivity contribution is -0.114. The highest BCUT2D eigenvalue weighted by atomic mass is 79.9. The zero-order valence-corrected chi connectivity index (χ0v) is 18.2. The Morgan fingerprint density at radius 2 is 1.72 bits per heavy atom. The standard InChI is InChI=1S/C21H20BrN3O3S/c1-15(26)23-18-8-10-19(11-9-18)29(27,28)25-14-13-24-12-2-3-20(24)21(25)16-4-6-17(22)7-5-16/h2-12,21H,13-14H2,1H3,(H,23,26). The van der Waals surface area contributed by atoms with Gasteiger partial charge in [-0.25, -0.2) is 8.42 Å². The fourth-order valence-corrected chi connectivity index (χ4v) is 5.50. The number of nitrogens with zero attached hydrogens (tertiary/aromatic N) is 2. The van der Waals surface area contributed by atoms with Crippen LogP contribution in [0.1, 0.15) is 24.2 Å². The highest BCUT2D eigenvalue weighted by molar-refractivity contribution is 9.10. The van der Waals surface area contributed by atoms with E-state index >= 15 is 0 Å². The largest absolute Gasteiger partial charge is 0.348 e. The first-order valence-corrected chi connectivity index (χ1v) is 11.4. The first kappa shape index (κ1) is 19.9. The summed E-state index contributed by atoms with van der Waals surface area (Å²) in [6.45, 7) is 2.38. The molecule has 1 amide bonds. The zero-order chi connectivity index (χ0) is 20.6. The number of rotatable bonds is 4. The van der Waals surface area contributed by atoms with Crippen molar-refractivity contribution < 1.29 is 13.2 Å². The van der Waals surface area contributed by atoms with E-state index in [0.717, 1.165) is 15.7 Å². The number of halogens is 1. The maximum atomic E-state index is 13.5. The van der Waals surface area contributed by atoms with E-state index in [4.69, 9.17) is 0 Å². The molecule has 0 fully saturated rings. The minimum atomic E-state index is -3.74. The molecule has 150 valence electrons. The number of nitrogens with one attached hydrogen (secondary N) is 1. The average Bonchev–Trinajstić information content (AvgIpc) is 3.17. The van der Waals surface area contributed by atoms with Crippen molar-refractivity contribution in [1.29, 1.82) is 0 Å². The third-order valence-electron chi connectivity index (χ3n) is 4.96. The number of fused-ring (bicyclic) bond motifs is 1. The molecule has 2 heterocycles. The molecule has 0 spiro atoms. The van der Waals surface area contributed by atoms with Crippen LogP contribution in [-0.2, 0) is 21.4 Å². The second-order valence-electron chi connectivity index (χ2n) is 6.90. The highest BCUT2D eigenvalue weighted by Gasteiger charge is 2.37. The van der Waals surface area contributed by atoms with Gasteiger partial charge >= 0.3 is 0 Å². The van der Waals surface area contributed by atoms with E-state index in [-0.39, 0.29) is 10.8 Å². The van der Waals surface area contributed by atoms with Crippen LogP contribution in [-0.4, -0.2) is 29.7 Å². The van der Waals surface area contributed by atoms with E-state index in [0.29, 0.717) is 18.8 Å². The molecule has 2 aromatic carbocycles. The first-order valence-electron chi connectivity index (χ1n) is 9.16. The van der Waals surface area contributed by atoms with Crippen LogP contribution in [0.15, 0.2) is 76.2 Å². The summed E-state index contributed by atoms with van der Waals surface area (Å²) in [6.07, 6.45) is 1.98. The number of amides is 1. The summed E-state index contributed by atoms with van der Waals surface area (Å²) >= 11 is 3.44. The molecular weight excluding hydrogens is 454 g/mol. The van der Waals surface area contributed by atoms with Gasteiger partial charge in [0.15, 0.2) is 0 Å². The molecule has 0 bridgehead atoms. The van der Waals surface area contributed by atoms with Crippen molar-refractivity contribution in [2.24, 2.45) is 0 Å². The average molecular weight is 474 g/mol. The van der Waals surface area contributed by atoms with E-state index in [1.165, 1.54) is 19.1 Å². The normalized spacial score (nSPS) is 17.0. The third-order valence-corrected chi connectivity index (χ3v) is 7.37. The molecular formula is C21H20BrN3O3S. The Morgan fingerprint density at radius 3 is 2.38 bits per heavy atom. The minimum Gasteiger partial charge on any atom is -0.348 e. The van der Waals surface area contributed by atoms with E-state index < -0.39 is 16.1 Å². The van der Waals surface area contributed by atoms with Gasteiger partial charge in [0, 0.05) is 42.1 Å². The Kier molecular flexibility index (Phi) is 5.33. The van der Waals surface area contributed by atoms with Crippen LogP contribution in [0.25, 0.3) is 0 Å². The first-order chi connectivity index (χ1) is 13.9. The van der Waals surface area contributed by atoms with Crippen LogP contribution < -0.4 is 5.32 Å². The monoisotopic (exact) mass is 473 g/mol. The predicted molar refractivity (Wildman–Crippen MR) is 115 cm³/mol. The predicted octanol–water partition coefficient (Wildman–Crippen LogP) is 4.00. The van der Waals surface area contributed by atoms with Crippen molar-refractivity contribution in [1.82, 2.24) is 8.87 Å². The molecule has 1 atom stereocenters. The second-order valence-corrected chi connectivity index (χ2v) is 9.71. The number of aromatic nitrogens is 1. The number of carbonyl (C=O) groups is 1. The van der Waals surface area contributed by atoms with Crippen molar-refractivity contribution in [3.63, 3.8) is 0 Å². The zero-order valence-electron chi connectivity index (χ0n) is 15.7. The molecule has 1 aliphatic heterocycles. The molecule has 0 saturated carbocycles. The van der Waals surface area contributed by atoms with Gasteiger partial charge in [-0.3, -0.25) is 4.79 Å². The Labute approximate surface area is 178 Å². The van der Waals surface area contributed by atoms with Gasteiger partial charge in [-0.05, 0) is 54.1 Å². The molecule has 4 rings (SSSR count). The van der Waals surface area contributed by atoms with Crippen molar-refractivity contribution in [2.75, 3.05) is 11.9 Å². The number of benzene rings is 2. The smallest absolute Gasteiger partial charge is 0.244 e. The van der Waals surface area contributed by atoms with Crippen molar-refractivity contribution >= 4 is 37.5 Å². The molecule has 8 heteroatoms. The second kappa shape index (κ2) is 7.78. The molecule has 29 heavy (non-hydrogen) atoms. The quantitative estimate of drug-likeness (QED) is 0.622. The lowest BCUT2D eigenvalue weighted by Gasteiger charge is -2.36. The number of anilines is 1. The molecule has 0 aliphatic carbocycles. The summed E-state index contributed by atoms with van der Waals surface area (Å²) in [5.74, 6) is -0.201. The molecule has 1 N–H and O–H groups in total. The minimum absolute atomic E-state index is 0.201. The fourth-order valence-electron chi connectivity index (χ4n) is 3.65. The van der Waals surface area contributed by atoms with Gasteiger partial charge in [0.25, 0.3) is 0 Å². The molecule has 6 nitrogen and oxygen atoms in total. The van der Waals surface area contributed by atoms with Crippen LogP contribution in [0.5, 0.6) is 0 Å². The summed E-state index contributed by atoms with van der Waals surface area (Å²) in [6, 6.07) is 17.5. The Morgan fingerprint density at radius 1 is 1.03 bits per heavy atom. The molecule has 1 aromatic heterocycles. The molecule has 0 radical (unpaired) electrons. The summed E-state index contributed by atoms with van der Waals surface area (Å²) in [4.78, 5) is 11.4. The molecule has 3 aromatic rings. The Bertz CT molecular complexity index is 1140. The summed E-state index contributed by atoms with van der Waals surface area (Å²) < 4.78 is 31.6. The van der Waals surface area contributed by atoms with Crippen molar-refractivity contribution in [3.8, 4) is 0 Å². The molecule has 1 aliphatic rings. The molecule has 0 saturated heterocycles. The van der Waals surface area contributed by atoms with Crippen LogP contribution in [0, 0.1) is 0 Å². The van der Waals surface area contributed by atoms with E-state index in [2.05, 4.69) is 25.8 Å². The SMILES string of the molecule is CC(=O)Nc1ccc(S(=O)(=O)N2CCn3cccc3C2c2ccc(Br)cc2)cc1. The van der Waals surface area contributed by atoms with Gasteiger partial charge in [-0.2, -0.15) is 4.31 Å². The topological polar surface area (TPSA) is 71.4 Å². The van der Waals surface area contributed by atoms with E-state index in [1.54, 1.807) is 16.4 Å². The number of sulfonamides is 1. The van der Waals surface area contributed by atoms with Crippen molar-refractivity contribution in [2.45, 2.75) is 24.4 Å². The lowest BCUT2D eigenvalue weighted by Crippen LogP contribution is -2.42. The van der Waals surface area contributed by atoms with Crippen LogP contribution >= 0.6 is 15.9 Å². The fraction of sp³-hybridized carbons (Fsp3) is 0.190. The maximum absolute atomic E-state index is 13.5.